The number of benzene rings is 1. The second-order valence-corrected chi connectivity index (χ2v) is 8.36. The highest BCUT2D eigenvalue weighted by molar-refractivity contribution is 9.10. The Morgan fingerprint density at radius 2 is 2.11 bits per heavy atom. The zero-order valence-electron chi connectivity index (χ0n) is 15.4. The Kier molecular flexibility index (Phi) is 6.68. The lowest BCUT2D eigenvalue weighted by atomic mass is 10.0. The molecule has 0 fully saturated rings. The third-order valence-electron chi connectivity index (χ3n) is 4.53. The number of carbonyl (C=O) groups is 2. The number of rotatable bonds is 6. The van der Waals surface area contributed by atoms with Crippen LogP contribution >= 0.6 is 27.3 Å². The van der Waals surface area contributed by atoms with Crippen molar-refractivity contribution in [3.05, 3.63) is 50.8 Å². The molecule has 0 saturated carbocycles. The minimum absolute atomic E-state index is 0.200. The monoisotopic (exact) mass is 451 g/mol. The van der Waals surface area contributed by atoms with Crippen LogP contribution in [0.15, 0.2) is 34.8 Å². The maximum atomic E-state index is 12.5. The summed E-state index contributed by atoms with van der Waals surface area (Å²) in [5.74, 6) is -0.483. The van der Waals surface area contributed by atoms with E-state index in [1.807, 2.05) is 37.3 Å². The van der Waals surface area contributed by atoms with Crippen molar-refractivity contribution in [2.24, 2.45) is 0 Å². The maximum Gasteiger partial charge on any atom is 0.327 e. The van der Waals surface area contributed by atoms with E-state index in [1.54, 1.807) is 0 Å². The first-order chi connectivity index (χ1) is 13.0. The minimum Gasteiger partial charge on any atom is -0.468 e. The molecule has 5 nitrogen and oxygen atoms in total. The van der Waals surface area contributed by atoms with Gasteiger partial charge in [-0.2, -0.15) is 0 Å². The molecule has 0 bridgehead atoms. The summed E-state index contributed by atoms with van der Waals surface area (Å²) in [5.41, 5.74) is 1.99. The molecular formula is C20H22BrNO4S. The predicted octanol–water partition coefficient (Wildman–Crippen LogP) is 4.49. The third-order valence-corrected chi connectivity index (χ3v) is 6.37. The molecule has 1 aliphatic heterocycles. The Morgan fingerprint density at radius 3 is 2.81 bits per heavy atom. The Labute approximate surface area is 171 Å². The van der Waals surface area contributed by atoms with E-state index < -0.39 is 6.04 Å². The quantitative estimate of drug-likeness (QED) is 0.605. The molecule has 7 heteroatoms. The van der Waals surface area contributed by atoms with E-state index in [0.29, 0.717) is 18.0 Å². The SMILES string of the molecule is CCCC(=O)Oc1cc2c(s1)CCN(C(C(=O)OC)c1ccccc1Br)C2. The summed E-state index contributed by atoms with van der Waals surface area (Å²) >= 11 is 5.07. The molecule has 1 aromatic heterocycles. The first-order valence-electron chi connectivity index (χ1n) is 8.92. The number of nitrogens with zero attached hydrogens (tertiary/aromatic N) is 1. The predicted molar refractivity (Wildman–Crippen MR) is 108 cm³/mol. The zero-order chi connectivity index (χ0) is 19.4. The fourth-order valence-corrected chi connectivity index (χ4v) is 4.78. The van der Waals surface area contributed by atoms with Crippen LogP contribution in [0.25, 0.3) is 0 Å². The fourth-order valence-electron chi connectivity index (χ4n) is 3.25. The largest absolute Gasteiger partial charge is 0.468 e. The van der Waals surface area contributed by atoms with Crippen LogP contribution < -0.4 is 4.74 Å². The fraction of sp³-hybridized carbons (Fsp3) is 0.400. The molecule has 0 spiro atoms. The number of carbonyl (C=O) groups excluding carboxylic acids is 2. The van der Waals surface area contributed by atoms with Crippen molar-refractivity contribution in [2.75, 3.05) is 13.7 Å². The van der Waals surface area contributed by atoms with Crippen molar-refractivity contribution in [1.82, 2.24) is 4.90 Å². The van der Waals surface area contributed by atoms with Gasteiger partial charge in [-0.05, 0) is 36.1 Å². The third kappa shape index (κ3) is 4.59. The van der Waals surface area contributed by atoms with Crippen LogP contribution in [0.3, 0.4) is 0 Å². The van der Waals surface area contributed by atoms with Crippen LogP contribution in [-0.4, -0.2) is 30.5 Å². The average molecular weight is 452 g/mol. The van der Waals surface area contributed by atoms with Gasteiger partial charge in [0.1, 0.15) is 6.04 Å². The van der Waals surface area contributed by atoms with E-state index in [1.165, 1.54) is 23.3 Å². The normalized spacial score (nSPS) is 15.1. The first kappa shape index (κ1) is 20.0. The minimum atomic E-state index is -0.482. The molecule has 27 heavy (non-hydrogen) atoms. The number of halogens is 1. The summed E-state index contributed by atoms with van der Waals surface area (Å²) in [6.45, 7) is 3.29. The average Bonchev–Trinajstić information content (AvgIpc) is 3.04. The van der Waals surface area contributed by atoms with Gasteiger partial charge >= 0.3 is 11.9 Å². The lowest BCUT2D eigenvalue weighted by Crippen LogP contribution is -2.38. The molecule has 0 amide bonds. The second-order valence-electron chi connectivity index (χ2n) is 6.41. The van der Waals surface area contributed by atoms with Gasteiger partial charge in [0.15, 0.2) is 5.06 Å². The van der Waals surface area contributed by atoms with Crippen molar-refractivity contribution in [2.45, 2.75) is 38.8 Å². The van der Waals surface area contributed by atoms with E-state index in [2.05, 4.69) is 20.8 Å². The van der Waals surface area contributed by atoms with Gasteiger partial charge in [-0.3, -0.25) is 9.69 Å². The second kappa shape index (κ2) is 8.99. The highest BCUT2D eigenvalue weighted by Gasteiger charge is 2.33. The molecule has 2 heterocycles. The summed E-state index contributed by atoms with van der Waals surface area (Å²) in [6.07, 6.45) is 1.99. The van der Waals surface area contributed by atoms with Crippen LogP contribution in [0.5, 0.6) is 5.06 Å². The van der Waals surface area contributed by atoms with Gasteiger partial charge in [-0.1, -0.05) is 41.1 Å². The molecule has 0 saturated heterocycles. The van der Waals surface area contributed by atoms with Gasteiger partial charge in [0.05, 0.1) is 7.11 Å². The molecule has 0 aliphatic carbocycles. The highest BCUT2D eigenvalue weighted by atomic mass is 79.9. The Bertz CT molecular complexity index is 835. The van der Waals surface area contributed by atoms with E-state index in [9.17, 15) is 9.59 Å². The molecule has 1 unspecified atom stereocenters. The number of ether oxygens (including phenoxy) is 2. The molecule has 1 atom stereocenters. The van der Waals surface area contributed by atoms with Crippen LogP contribution in [-0.2, 0) is 27.3 Å². The van der Waals surface area contributed by atoms with E-state index in [-0.39, 0.29) is 11.9 Å². The van der Waals surface area contributed by atoms with Crippen molar-refractivity contribution < 1.29 is 19.1 Å². The van der Waals surface area contributed by atoms with Crippen LogP contribution in [0, 0.1) is 0 Å². The standard InChI is InChI=1S/C20H22BrNO4S/c1-3-6-17(23)26-18-11-13-12-22(10-9-16(13)27-18)19(20(24)25-2)14-7-4-5-8-15(14)21/h4-5,7-8,11,19H,3,6,9-10,12H2,1-2H3. The van der Waals surface area contributed by atoms with Crippen molar-refractivity contribution >= 4 is 39.2 Å². The van der Waals surface area contributed by atoms with Gasteiger partial charge in [-0.25, -0.2) is 4.79 Å². The van der Waals surface area contributed by atoms with Gasteiger partial charge < -0.3 is 9.47 Å². The highest BCUT2D eigenvalue weighted by Crippen LogP contribution is 2.37. The number of methoxy groups -OCH3 is 1. The van der Waals surface area contributed by atoms with Crippen LogP contribution in [0.1, 0.15) is 41.8 Å². The van der Waals surface area contributed by atoms with Gasteiger partial charge in [0, 0.05) is 28.9 Å². The van der Waals surface area contributed by atoms with E-state index >= 15 is 0 Å². The number of fused-ring (bicyclic) bond motifs is 1. The summed E-state index contributed by atoms with van der Waals surface area (Å²) in [7, 11) is 1.41. The molecule has 0 N–H and O–H groups in total. The summed E-state index contributed by atoms with van der Waals surface area (Å²) in [6, 6.07) is 9.15. The lowest BCUT2D eigenvalue weighted by molar-refractivity contribution is -0.147. The van der Waals surface area contributed by atoms with Crippen molar-refractivity contribution in [1.29, 1.82) is 0 Å². The topological polar surface area (TPSA) is 55.8 Å². The number of esters is 2. The molecule has 1 aromatic carbocycles. The number of hydrogen-bond donors (Lipinski definition) is 0. The van der Waals surface area contributed by atoms with Crippen LogP contribution in [0.2, 0.25) is 0 Å². The van der Waals surface area contributed by atoms with E-state index in [4.69, 9.17) is 9.47 Å². The lowest BCUT2D eigenvalue weighted by Gasteiger charge is -2.33. The molecule has 1 aliphatic rings. The van der Waals surface area contributed by atoms with Gasteiger partial charge in [-0.15, -0.1) is 11.3 Å². The Balaban J connectivity index is 1.82. The zero-order valence-corrected chi connectivity index (χ0v) is 17.8. The van der Waals surface area contributed by atoms with Gasteiger partial charge in [0.2, 0.25) is 0 Å². The molecular weight excluding hydrogens is 430 g/mol. The molecule has 144 valence electrons. The smallest absolute Gasteiger partial charge is 0.327 e. The first-order valence-corrected chi connectivity index (χ1v) is 10.5. The number of thiophene rings is 1. The summed E-state index contributed by atoms with van der Waals surface area (Å²) < 4.78 is 11.4. The van der Waals surface area contributed by atoms with E-state index in [0.717, 1.165) is 35.0 Å². The van der Waals surface area contributed by atoms with Crippen molar-refractivity contribution in [3.8, 4) is 5.06 Å². The Morgan fingerprint density at radius 1 is 1.33 bits per heavy atom. The van der Waals surface area contributed by atoms with Gasteiger partial charge in [0.25, 0.3) is 0 Å². The summed E-state index contributed by atoms with van der Waals surface area (Å²) in [5, 5.41) is 0.635. The maximum absolute atomic E-state index is 12.5. The molecule has 0 radical (unpaired) electrons. The van der Waals surface area contributed by atoms with Crippen LogP contribution in [0.4, 0.5) is 0 Å². The molecule has 2 aromatic rings. The summed E-state index contributed by atoms with van der Waals surface area (Å²) in [4.78, 5) is 27.6. The Hall–Kier alpha value is -1.70. The number of hydrogen-bond acceptors (Lipinski definition) is 6. The molecule has 3 rings (SSSR count). The van der Waals surface area contributed by atoms with Crippen molar-refractivity contribution in [3.63, 3.8) is 0 Å².